The number of nitrogens with one attached hydrogen (secondary N) is 1. The number of hydrogen-bond donors (Lipinski definition) is 1. The Bertz CT molecular complexity index is 845. The number of anilines is 1. The van der Waals surface area contributed by atoms with Crippen LogP contribution in [0.1, 0.15) is 12.0 Å². The van der Waals surface area contributed by atoms with Crippen LogP contribution in [-0.4, -0.2) is 37.2 Å². The zero-order valence-electron chi connectivity index (χ0n) is 14.7. The smallest absolute Gasteiger partial charge is 0.321 e. The van der Waals surface area contributed by atoms with E-state index in [-0.39, 0.29) is 29.6 Å². The van der Waals surface area contributed by atoms with E-state index in [0.717, 1.165) is 13.0 Å². The number of benzene rings is 2. The van der Waals surface area contributed by atoms with Gasteiger partial charge in [0.15, 0.2) is 11.6 Å². The third kappa shape index (κ3) is 3.88. The van der Waals surface area contributed by atoms with E-state index in [1.807, 2.05) is 0 Å². The Labute approximate surface area is 155 Å². The van der Waals surface area contributed by atoms with Gasteiger partial charge in [-0.1, -0.05) is 12.1 Å². The molecule has 0 aliphatic carbocycles. The van der Waals surface area contributed by atoms with E-state index in [9.17, 15) is 13.6 Å². The molecule has 142 valence electrons. The summed E-state index contributed by atoms with van der Waals surface area (Å²) in [6.07, 6.45) is 0.975. The highest BCUT2D eigenvalue weighted by Gasteiger charge is 2.47. The van der Waals surface area contributed by atoms with Gasteiger partial charge in [0, 0.05) is 36.9 Å². The van der Waals surface area contributed by atoms with E-state index in [1.54, 1.807) is 23.1 Å². The Morgan fingerprint density at radius 3 is 2.78 bits per heavy atom. The van der Waals surface area contributed by atoms with Crippen LogP contribution in [0.4, 0.5) is 19.3 Å². The van der Waals surface area contributed by atoms with Crippen LogP contribution in [0.15, 0.2) is 42.5 Å². The monoisotopic (exact) mass is 374 g/mol. The van der Waals surface area contributed by atoms with Gasteiger partial charge < -0.3 is 19.7 Å². The average molecular weight is 374 g/mol. The fourth-order valence-corrected chi connectivity index (χ4v) is 3.49. The van der Waals surface area contributed by atoms with Gasteiger partial charge in [0.1, 0.15) is 12.4 Å². The molecule has 27 heavy (non-hydrogen) atoms. The number of nitrogens with zero attached hydrogens (tertiary/aromatic N) is 1. The summed E-state index contributed by atoms with van der Waals surface area (Å²) in [7, 11) is 0. The lowest BCUT2D eigenvalue weighted by atomic mass is 9.79. The van der Waals surface area contributed by atoms with Gasteiger partial charge >= 0.3 is 6.03 Å². The van der Waals surface area contributed by atoms with Gasteiger partial charge in [-0.3, -0.25) is 0 Å². The van der Waals surface area contributed by atoms with E-state index < -0.39 is 5.82 Å². The second kappa shape index (κ2) is 7.15. The molecule has 2 fully saturated rings. The Morgan fingerprint density at radius 2 is 2.07 bits per heavy atom. The maximum absolute atomic E-state index is 14.2. The van der Waals surface area contributed by atoms with E-state index >= 15 is 0 Å². The van der Waals surface area contributed by atoms with Crippen molar-refractivity contribution in [1.82, 2.24) is 4.90 Å². The average Bonchev–Trinajstić information content (AvgIpc) is 3.10. The molecule has 2 aliphatic rings. The summed E-state index contributed by atoms with van der Waals surface area (Å²) in [5.74, 6) is -0.914. The predicted molar refractivity (Wildman–Crippen MR) is 95.6 cm³/mol. The van der Waals surface area contributed by atoms with Crippen LogP contribution in [-0.2, 0) is 11.3 Å². The molecule has 7 heteroatoms. The molecule has 1 spiro atoms. The van der Waals surface area contributed by atoms with Gasteiger partial charge in [-0.25, -0.2) is 13.6 Å². The Morgan fingerprint density at radius 1 is 1.22 bits per heavy atom. The van der Waals surface area contributed by atoms with Gasteiger partial charge in [-0.2, -0.15) is 0 Å². The van der Waals surface area contributed by atoms with Gasteiger partial charge in [0.25, 0.3) is 0 Å². The number of urea groups is 1. The molecule has 0 unspecified atom stereocenters. The molecule has 0 bridgehead atoms. The highest BCUT2D eigenvalue weighted by molar-refractivity contribution is 5.90. The van der Waals surface area contributed by atoms with Crippen LogP contribution < -0.4 is 10.1 Å². The summed E-state index contributed by atoms with van der Waals surface area (Å²) in [5, 5.41) is 2.70. The van der Waals surface area contributed by atoms with Crippen molar-refractivity contribution >= 4 is 11.7 Å². The van der Waals surface area contributed by atoms with E-state index in [4.69, 9.17) is 9.47 Å². The van der Waals surface area contributed by atoms with Crippen molar-refractivity contribution in [3.8, 4) is 5.75 Å². The van der Waals surface area contributed by atoms with Crippen LogP contribution in [0.5, 0.6) is 5.75 Å². The maximum atomic E-state index is 14.2. The Hall–Kier alpha value is -2.67. The van der Waals surface area contributed by atoms with E-state index in [2.05, 4.69) is 5.32 Å². The molecule has 2 heterocycles. The first-order valence-electron chi connectivity index (χ1n) is 8.84. The highest BCUT2D eigenvalue weighted by atomic mass is 19.1. The molecule has 5 nitrogen and oxygen atoms in total. The number of carbonyl (C=O) groups is 1. The summed E-state index contributed by atoms with van der Waals surface area (Å²) in [5.41, 5.74) is 1.07. The third-order valence-corrected chi connectivity index (χ3v) is 4.99. The molecule has 0 aromatic heterocycles. The van der Waals surface area contributed by atoms with Crippen LogP contribution in [0.25, 0.3) is 0 Å². The first-order valence-corrected chi connectivity index (χ1v) is 8.84. The van der Waals surface area contributed by atoms with Crippen molar-refractivity contribution in [3.05, 3.63) is 59.7 Å². The molecule has 2 aromatic carbocycles. The Kier molecular flexibility index (Phi) is 4.70. The summed E-state index contributed by atoms with van der Waals surface area (Å²) in [6, 6.07) is 9.94. The standard InChI is InChI=1S/C20H20F2N2O3/c21-15-3-1-2-14(8-15)10-27-18-5-4-16(9-17(18)22)23-19(25)24-11-20(12-24)6-7-26-13-20/h1-5,8-9H,6-7,10-13H2,(H,23,25). The largest absolute Gasteiger partial charge is 0.486 e. The first kappa shape index (κ1) is 17.7. The number of halogens is 2. The van der Waals surface area contributed by atoms with Gasteiger partial charge in [-0.15, -0.1) is 0 Å². The van der Waals surface area contributed by atoms with Gasteiger partial charge in [0.2, 0.25) is 0 Å². The normalized spacial score (nSPS) is 17.6. The minimum Gasteiger partial charge on any atom is -0.486 e. The van der Waals surface area contributed by atoms with Crippen molar-refractivity contribution in [2.24, 2.45) is 5.41 Å². The lowest BCUT2D eigenvalue weighted by Crippen LogP contribution is -2.59. The van der Waals surface area contributed by atoms with Crippen LogP contribution >= 0.6 is 0 Å². The molecule has 2 aromatic rings. The molecule has 0 atom stereocenters. The predicted octanol–water partition coefficient (Wildman–Crippen LogP) is 3.80. The zero-order valence-corrected chi connectivity index (χ0v) is 14.7. The van der Waals surface area contributed by atoms with Gasteiger partial charge in [0.05, 0.1) is 6.61 Å². The fourth-order valence-electron chi connectivity index (χ4n) is 3.49. The number of likely N-dealkylation sites (tertiary alicyclic amines) is 1. The van der Waals surface area contributed by atoms with Crippen molar-refractivity contribution in [1.29, 1.82) is 0 Å². The van der Waals surface area contributed by atoms with Crippen molar-refractivity contribution in [2.75, 3.05) is 31.6 Å². The lowest BCUT2D eigenvalue weighted by Gasteiger charge is -2.46. The fraction of sp³-hybridized carbons (Fsp3) is 0.350. The molecule has 2 amide bonds. The molecule has 0 saturated carbocycles. The summed E-state index contributed by atoms with van der Waals surface area (Å²) < 4.78 is 38.2. The molecule has 0 radical (unpaired) electrons. The highest BCUT2D eigenvalue weighted by Crippen LogP contribution is 2.38. The number of ether oxygens (including phenoxy) is 2. The van der Waals surface area contributed by atoms with Gasteiger partial charge in [-0.05, 0) is 36.2 Å². The van der Waals surface area contributed by atoms with E-state index in [1.165, 1.54) is 24.3 Å². The Balaban J connectivity index is 1.32. The third-order valence-electron chi connectivity index (χ3n) is 4.99. The molecular formula is C20H20F2N2O3. The zero-order chi connectivity index (χ0) is 18.9. The molecule has 4 rings (SSSR count). The second-order valence-electron chi connectivity index (χ2n) is 7.15. The molecule has 2 aliphatic heterocycles. The van der Waals surface area contributed by atoms with Crippen LogP contribution in [0, 0.1) is 17.0 Å². The molecule has 2 saturated heterocycles. The minimum absolute atomic E-state index is 0.0447. The number of carbonyl (C=O) groups excluding carboxylic acids is 1. The minimum atomic E-state index is -0.589. The lowest BCUT2D eigenvalue weighted by molar-refractivity contribution is 0.0255. The first-order chi connectivity index (χ1) is 13.0. The van der Waals surface area contributed by atoms with Crippen molar-refractivity contribution in [3.63, 3.8) is 0 Å². The summed E-state index contributed by atoms with van der Waals surface area (Å²) >= 11 is 0. The molecule has 1 N–H and O–H groups in total. The number of amides is 2. The van der Waals surface area contributed by atoms with E-state index in [0.29, 0.717) is 30.9 Å². The topological polar surface area (TPSA) is 50.8 Å². The van der Waals surface area contributed by atoms with Crippen molar-refractivity contribution < 1.29 is 23.0 Å². The SMILES string of the molecule is O=C(Nc1ccc(OCc2cccc(F)c2)c(F)c1)N1CC2(CCOC2)C1. The van der Waals surface area contributed by atoms with Crippen LogP contribution in [0.3, 0.4) is 0 Å². The van der Waals surface area contributed by atoms with Crippen LogP contribution in [0.2, 0.25) is 0 Å². The number of rotatable bonds is 4. The number of hydrogen-bond acceptors (Lipinski definition) is 3. The maximum Gasteiger partial charge on any atom is 0.321 e. The summed E-state index contributed by atoms with van der Waals surface area (Å²) in [4.78, 5) is 14.0. The summed E-state index contributed by atoms with van der Waals surface area (Å²) in [6.45, 7) is 2.82. The molecular weight excluding hydrogens is 354 g/mol. The van der Waals surface area contributed by atoms with Crippen molar-refractivity contribution in [2.45, 2.75) is 13.0 Å². The quantitative estimate of drug-likeness (QED) is 0.886. The second-order valence-corrected chi connectivity index (χ2v) is 7.15.